The highest BCUT2D eigenvalue weighted by Gasteiger charge is 2.24. The average molecular weight is 213 g/mol. The van der Waals surface area contributed by atoms with Gasteiger partial charge < -0.3 is 0 Å². The maximum absolute atomic E-state index is 6.16. The van der Waals surface area contributed by atoms with E-state index in [4.69, 9.17) is 11.1 Å². The lowest BCUT2D eigenvalue weighted by Gasteiger charge is -2.26. The molecule has 13 heavy (non-hydrogen) atoms. The van der Waals surface area contributed by atoms with Crippen molar-refractivity contribution in [2.24, 2.45) is 0 Å². The van der Waals surface area contributed by atoms with Crippen molar-refractivity contribution in [3.8, 4) is 0 Å². The van der Waals surface area contributed by atoms with Gasteiger partial charge in [0.25, 0.3) is 0 Å². The van der Waals surface area contributed by atoms with E-state index in [2.05, 4.69) is 44.2 Å². The Balaban J connectivity index is 2.89. The number of benzene rings is 1. The van der Waals surface area contributed by atoms with Gasteiger partial charge in [0.15, 0.2) is 0 Å². The van der Waals surface area contributed by atoms with Crippen LogP contribution in [0.1, 0.15) is 32.3 Å². The van der Waals surface area contributed by atoms with Crippen LogP contribution in [0.2, 0.25) is 0 Å². The summed E-state index contributed by atoms with van der Waals surface area (Å²) in [6.45, 7) is 4.52. The Bertz CT molecular complexity index is 248. The Labute approximate surface area is 87.8 Å². The highest BCUT2D eigenvalue weighted by Crippen LogP contribution is 2.28. The number of hydrogen-bond donors (Lipinski definition) is 0. The molecule has 1 rings (SSSR count). The molecule has 0 bridgehead atoms. The van der Waals surface area contributed by atoms with Gasteiger partial charge in [0, 0.05) is 0 Å². The Morgan fingerprint density at radius 3 is 2.38 bits per heavy atom. The fraction of sp³-hybridized carbons (Fsp3) is 0.455. The molecule has 0 fully saturated rings. The van der Waals surface area contributed by atoms with E-state index in [0.29, 0.717) is 0 Å². The van der Waals surface area contributed by atoms with Gasteiger partial charge in [-0.25, -0.2) is 0 Å². The summed E-state index contributed by atoms with van der Waals surface area (Å²) in [5.41, 5.74) is 1.42. The van der Waals surface area contributed by atoms with Gasteiger partial charge in [-0.15, -0.1) is 0 Å². The first-order chi connectivity index (χ1) is 6.23. The standard InChI is InChI=1S/C11H17ClSi/c1-3-9-11(2,13-12)10-7-5-4-6-8-10/h4-8H,3,9,13H2,1-2H3. The second kappa shape index (κ2) is 4.82. The van der Waals surface area contributed by atoms with Crippen molar-refractivity contribution in [3.05, 3.63) is 35.9 Å². The molecule has 0 aliphatic carbocycles. The lowest BCUT2D eigenvalue weighted by atomic mass is 9.95. The van der Waals surface area contributed by atoms with Crippen LogP contribution in [0.4, 0.5) is 0 Å². The van der Waals surface area contributed by atoms with E-state index in [0.717, 1.165) is 0 Å². The molecule has 1 atom stereocenters. The quantitative estimate of drug-likeness (QED) is 0.532. The van der Waals surface area contributed by atoms with Crippen molar-refractivity contribution >= 4 is 19.9 Å². The second-order valence-electron chi connectivity index (χ2n) is 3.81. The number of rotatable bonds is 4. The third-order valence-electron chi connectivity index (χ3n) is 2.57. The largest absolute Gasteiger partial charge is 0.175 e. The fourth-order valence-electron chi connectivity index (χ4n) is 1.68. The van der Waals surface area contributed by atoms with Gasteiger partial charge in [0.1, 0.15) is 8.83 Å². The molecule has 0 saturated heterocycles. The minimum absolute atomic E-state index is 0.289. The molecule has 0 spiro atoms. The van der Waals surface area contributed by atoms with Crippen molar-refractivity contribution in [1.29, 1.82) is 0 Å². The van der Waals surface area contributed by atoms with Crippen molar-refractivity contribution in [3.63, 3.8) is 0 Å². The lowest BCUT2D eigenvalue weighted by Crippen LogP contribution is -2.26. The van der Waals surface area contributed by atoms with Gasteiger partial charge in [-0.3, -0.25) is 0 Å². The molecule has 1 unspecified atom stereocenters. The van der Waals surface area contributed by atoms with Crippen LogP contribution in [-0.4, -0.2) is 8.83 Å². The number of halogens is 1. The normalized spacial score (nSPS) is 16.2. The molecule has 0 N–H and O–H groups in total. The van der Waals surface area contributed by atoms with E-state index in [1.165, 1.54) is 18.4 Å². The zero-order chi connectivity index (χ0) is 9.73. The summed E-state index contributed by atoms with van der Waals surface area (Å²) in [7, 11) is -0.506. The zero-order valence-electron chi connectivity index (χ0n) is 8.39. The number of hydrogen-bond acceptors (Lipinski definition) is 0. The molecule has 1 aromatic rings. The Morgan fingerprint density at radius 2 is 1.92 bits per heavy atom. The Kier molecular flexibility index (Phi) is 4.01. The summed E-state index contributed by atoms with van der Waals surface area (Å²) in [6, 6.07) is 10.7. The summed E-state index contributed by atoms with van der Waals surface area (Å²) < 4.78 is 0. The van der Waals surface area contributed by atoms with Gasteiger partial charge in [-0.2, -0.15) is 11.1 Å². The maximum Gasteiger partial charge on any atom is 0.135 e. The van der Waals surface area contributed by atoms with Gasteiger partial charge in [-0.05, 0) is 17.0 Å². The van der Waals surface area contributed by atoms with Crippen LogP contribution in [-0.2, 0) is 5.04 Å². The lowest BCUT2D eigenvalue weighted by molar-refractivity contribution is 0.593. The first-order valence-electron chi connectivity index (χ1n) is 4.84. The summed E-state index contributed by atoms with van der Waals surface area (Å²) in [5, 5.41) is 0.289. The third-order valence-corrected chi connectivity index (χ3v) is 5.69. The van der Waals surface area contributed by atoms with Crippen LogP contribution in [0, 0.1) is 0 Å². The monoisotopic (exact) mass is 212 g/mol. The van der Waals surface area contributed by atoms with E-state index in [1.807, 2.05) is 0 Å². The molecule has 0 amide bonds. The highest BCUT2D eigenvalue weighted by atomic mass is 35.6. The molecule has 0 aliphatic heterocycles. The summed E-state index contributed by atoms with van der Waals surface area (Å²) in [4.78, 5) is 0. The molecule has 0 radical (unpaired) electrons. The van der Waals surface area contributed by atoms with Crippen LogP contribution in [0.15, 0.2) is 30.3 Å². The minimum Gasteiger partial charge on any atom is -0.175 e. The van der Waals surface area contributed by atoms with Crippen molar-refractivity contribution < 1.29 is 0 Å². The van der Waals surface area contributed by atoms with E-state index in [1.54, 1.807) is 0 Å². The van der Waals surface area contributed by atoms with Gasteiger partial charge >= 0.3 is 0 Å². The molecule has 1 aromatic carbocycles. The molecule has 0 heterocycles. The van der Waals surface area contributed by atoms with Crippen LogP contribution in [0.3, 0.4) is 0 Å². The van der Waals surface area contributed by atoms with Crippen LogP contribution in [0.25, 0.3) is 0 Å². The van der Waals surface area contributed by atoms with Crippen LogP contribution in [0.5, 0.6) is 0 Å². The van der Waals surface area contributed by atoms with Gasteiger partial charge in [0.05, 0.1) is 0 Å². The first kappa shape index (κ1) is 10.8. The molecule has 0 saturated carbocycles. The zero-order valence-corrected chi connectivity index (χ0v) is 10.6. The van der Waals surface area contributed by atoms with Crippen molar-refractivity contribution in [2.75, 3.05) is 0 Å². The maximum atomic E-state index is 6.16. The SMILES string of the molecule is CCCC(C)([SiH2]Cl)c1ccccc1. The predicted octanol–water partition coefficient (Wildman–Crippen LogP) is 3.02. The fourth-order valence-corrected chi connectivity index (χ4v) is 3.42. The van der Waals surface area contributed by atoms with Crippen LogP contribution >= 0.6 is 11.1 Å². The van der Waals surface area contributed by atoms with E-state index in [9.17, 15) is 0 Å². The molecule has 0 aliphatic rings. The summed E-state index contributed by atoms with van der Waals surface area (Å²) >= 11 is 6.16. The van der Waals surface area contributed by atoms with E-state index >= 15 is 0 Å². The topological polar surface area (TPSA) is 0 Å². The molecular formula is C11H17ClSi. The van der Waals surface area contributed by atoms with Gasteiger partial charge in [-0.1, -0.05) is 50.6 Å². The summed E-state index contributed by atoms with van der Waals surface area (Å²) in [6.07, 6.45) is 2.43. The molecular weight excluding hydrogens is 196 g/mol. The highest BCUT2D eigenvalue weighted by molar-refractivity contribution is 6.95. The molecule has 0 nitrogen and oxygen atoms in total. The summed E-state index contributed by atoms with van der Waals surface area (Å²) in [5.74, 6) is 0. The first-order valence-corrected chi connectivity index (χ1v) is 7.69. The molecule has 2 heteroatoms. The van der Waals surface area contributed by atoms with Gasteiger partial charge in [0.2, 0.25) is 0 Å². The average Bonchev–Trinajstić information content (AvgIpc) is 2.19. The van der Waals surface area contributed by atoms with Crippen molar-refractivity contribution in [1.82, 2.24) is 0 Å². The third kappa shape index (κ3) is 2.58. The second-order valence-corrected chi connectivity index (χ2v) is 6.44. The minimum atomic E-state index is -0.506. The predicted molar refractivity (Wildman–Crippen MR) is 63.1 cm³/mol. The Hall–Kier alpha value is -0.273. The van der Waals surface area contributed by atoms with Crippen LogP contribution < -0.4 is 0 Å². The molecule has 72 valence electrons. The molecule has 0 aromatic heterocycles. The smallest absolute Gasteiger partial charge is 0.135 e. The Morgan fingerprint density at radius 1 is 1.31 bits per heavy atom. The van der Waals surface area contributed by atoms with E-state index in [-0.39, 0.29) is 5.04 Å². The van der Waals surface area contributed by atoms with E-state index < -0.39 is 8.83 Å². The van der Waals surface area contributed by atoms with Crippen molar-refractivity contribution in [2.45, 2.75) is 31.7 Å².